The van der Waals surface area contributed by atoms with Crippen molar-refractivity contribution in [2.45, 2.75) is 0 Å². The summed E-state index contributed by atoms with van der Waals surface area (Å²) in [5, 5.41) is 32.4. The molecule has 8 nitrogen and oxygen atoms in total. The molecule has 0 spiro atoms. The maximum Gasteiger partial charge on any atom is 0 e. The first-order chi connectivity index (χ1) is 6.24. The van der Waals surface area contributed by atoms with Crippen LogP contribution in [0.5, 0.6) is 0 Å². The molecule has 0 amide bonds. The third kappa shape index (κ3) is 5.27. The van der Waals surface area contributed by atoms with Gasteiger partial charge >= 0.3 is 77.2 Å². The molecule has 1 radical (unpaired) electrons. The number of nitrogens with zero attached hydrogens (tertiary/aromatic N) is 4. The van der Waals surface area contributed by atoms with Crippen LogP contribution in [0.15, 0.2) is 0 Å². The molecule has 14 heavy (non-hydrogen) atoms. The molecule has 0 aromatic rings. The van der Waals surface area contributed by atoms with Crippen molar-refractivity contribution in [1.29, 1.82) is 21.0 Å². The van der Waals surface area contributed by atoms with Gasteiger partial charge < -0.3 is 0 Å². The van der Waals surface area contributed by atoms with Crippen molar-refractivity contribution in [2.75, 3.05) is 0 Å². The van der Waals surface area contributed by atoms with Crippen LogP contribution >= 0.6 is 0 Å². The zero-order valence-corrected chi connectivity index (χ0v) is 12.0. The van der Waals surface area contributed by atoms with Crippen LogP contribution in [-0.4, -0.2) is 51.4 Å². The number of nitriles is 4. The molecule has 0 N–H and O–H groups in total. The number of rotatable bonds is 4. The fourth-order valence-electron chi connectivity index (χ4n) is 0.285. The van der Waals surface area contributed by atoms with E-state index in [4.69, 9.17) is 21.0 Å². The van der Waals surface area contributed by atoms with Gasteiger partial charge in [0.15, 0.2) is 0 Å². The smallest absolute Gasteiger partial charge is 0 e. The van der Waals surface area contributed by atoms with E-state index in [9.17, 15) is 0 Å². The molecule has 0 aromatic heterocycles. The predicted octanol–water partition coefficient (Wildman–Crippen LogP) is -0.590. The summed E-state index contributed by atoms with van der Waals surface area (Å²) in [6, 6.07) is 0. The molecule has 0 aromatic carbocycles. The topological polar surface area (TPSA) is 132 Å². The van der Waals surface area contributed by atoms with Crippen LogP contribution in [0.4, 0.5) is 0 Å². The standard InChI is InChI=1S/4CHNO.K.Mo/c4*2-1-3;;/h4*3H;;/q;;;;;+4/p-4. The van der Waals surface area contributed by atoms with Gasteiger partial charge in [-0.25, -0.2) is 0 Å². The van der Waals surface area contributed by atoms with Gasteiger partial charge in [-0.15, -0.1) is 0 Å². The second-order valence-electron chi connectivity index (χ2n) is 1.11. The fraction of sp³-hybridized carbons (Fsp3) is 0. The molecule has 0 saturated heterocycles. The van der Waals surface area contributed by atoms with Crippen LogP contribution < -0.4 is 0 Å². The van der Waals surface area contributed by atoms with Crippen molar-refractivity contribution in [2.24, 2.45) is 0 Å². The summed E-state index contributed by atoms with van der Waals surface area (Å²) in [4.78, 5) is 0. The minimum absolute atomic E-state index is 0. The zero-order valence-electron chi connectivity index (χ0n) is 6.83. The molecule has 0 aliphatic carbocycles. The second kappa shape index (κ2) is 9.06. The van der Waals surface area contributed by atoms with Crippen LogP contribution in [0.2, 0.25) is 0 Å². The van der Waals surface area contributed by atoms with Gasteiger partial charge in [0.2, 0.25) is 0 Å². The molecule has 0 rings (SSSR count). The minimum atomic E-state index is -4.79. The van der Waals surface area contributed by atoms with Crippen molar-refractivity contribution in [3.63, 3.8) is 0 Å². The Bertz CT molecular complexity index is 266. The number of hydrogen-bond acceptors (Lipinski definition) is 8. The zero-order chi connectivity index (χ0) is 10.2. The third-order valence-electron chi connectivity index (χ3n) is 0.557. The van der Waals surface area contributed by atoms with Crippen LogP contribution in [0.25, 0.3) is 0 Å². The van der Waals surface area contributed by atoms with E-state index in [1.165, 1.54) is 0 Å². The van der Waals surface area contributed by atoms with E-state index >= 15 is 0 Å². The van der Waals surface area contributed by atoms with Gasteiger partial charge in [0.25, 0.3) is 0 Å². The first-order valence-electron chi connectivity index (χ1n) is 2.38. The maximum atomic E-state index is 8.09. The molecule has 0 aliphatic heterocycles. The van der Waals surface area contributed by atoms with Crippen molar-refractivity contribution in [1.82, 2.24) is 0 Å². The molecule has 0 bridgehead atoms. The fourth-order valence-corrected chi connectivity index (χ4v) is 1.68. The Hall–Kier alpha value is -0.515. The average Bonchev–Trinajstić information content (AvgIpc) is 2.06. The van der Waals surface area contributed by atoms with Gasteiger partial charge in [-0.2, -0.15) is 0 Å². The molecular formula is C4KMoN4O4. The summed E-state index contributed by atoms with van der Waals surface area (Å²) in [5.74, 6) is 0. The van der Waals surface area contributed by atoms with Gasteiger partial charge in [0.05, 0.1) is 0 Å². The Balaban J connectivity index is 0. The summed E-state index contributed by atoms with van der Waals surface area (Å²) in [5.41, 5.74) is 0. The Morgan fingerprint density at radius 3 is 1.00 bits per heavy atom. The molecular weight excluding hydrogens is 303 g/mol. The molecule has 0 unspecified atom stereocenters. The molecule has 67 valence electrons. The first-order valence-corrected chi connectivity index (χ1v) is 5.65. The summed E-state index contributed by atoms with van der Waals surface area (Å²) in [6.07, 6.45) is 4.48. The Morgan fingerprint density at radius 2 is 0.857 bits per heavy atom. The molecule has 0 aliphatic rings. The monoisotopic (exact) mass is 305 g/mol. The molecule has 10 heteroatoms. The summed E-state index contributed by atoms with van der Waals surface area (Å²) in [6.45, 7) is 0. The van der Waals surface area contributed by atoms with Crippen molar-refractivity contribution in [3.05, 3.63) is 0 Å². The Kier molecular flexibility index (Phi) is 10.3. The van der Waals surface area contributed by atoms with Gasteiger partial charge in [-0.05, 0) is 0 Å². The predicted molar refractivity (Wildman–Crippen MR) is 32.5 cm³/mol. The Morgan fingerprint density at radius 1 is 0.643 bits per heavy atom. The van der Waals surface area contributed by atoms with E-state index in [-0.39, 0.29) is 51.4 Å². The van der Waals surface area contributed by atoms with Crippen LogP contribution in [-0.2, 0) is 31.1 Å². The minimum Gasteiger partial charge on any atom is 0 e. The van der Waals surface area contributed by atoms with Crippen molar-refractivity contribution < 1.29 is 31.1 Å². The third-order valence-corrected chi connectivity index (χ3v) is 3.30. The molecule has 0 heterocycles. The number of hydrogen-bond donors (Lipinski definition) is 0. The molecule has 0 saturated carbocycles. The van der Waals surface area contributed by atoms with Crippen LogP contribution in [0, 0.1) is 46.1 Å². The van der Waals surface area contributed by atoms with E-state index in [1.807, 2.05) is 0 Å². The van der Waals surface area contributed by atoms with E-state index < -0.39 is 17.6 Å². The van der Waals surface area contributed by atoms with E-state index in [2.05, 4.69) is 13.6 Å². The van der Waals surface area contributed by atoms with Gasteiger partial charge in [0.1, 0.15) is 0 Å². The quantitative estimate of drug-likeness (QED) is 0.497. The largest absolute Gasteiger partial charge is 0 e. The summed E-state index contributed by atoms with van der Waals surface area (Å²) in [7, 11) is 0. The van der Waals surface area contributed by atoms with Crippen molar-refractivity contribution in [3.8, 4) is 25.0 Å². The van der Waals surface area contributed by atoms with E-state index in [1.54, 1.807) is 0 Å². The van der Waals surface area contributed by atoms with Crippen molar-refractivity contribution >= 4 is 51.4 Å². The maximum absolute atomic E-state index is 8.09. The summed E-state index contributed by atoms with van der Waals surface area (Å²) >= 11 is -4.79. The average molecular weight is 303 g/mol. The first kappa shape index (κ1) is 15.9. The van der Waals surface area contributed by atoms with Crippen LogP contribution in [0.1, 0.15) is 0 Å². The van der Waals surface area contributed by atoms with E-state index in [0.717, 1.165) is 25.0 Å². The van der Waals surface area contributed by atoms with Gasteiger partial charge in [0, 0.05) is 51.4 Å². The SMILES string of the molecule is N#C[O][Mo]([O]C#N)([O]C#N)[O]C#N.[K]. The second-order valence-corrected chi connectivity index (χ2v) is 4.75. The van der Waals surface area contributed by atoms with Gasteiger partial charge in [-0.3, -0.25) is 0 Å². The van der Waals surface area contributed by atoms with E-state index in [0.29, 0.717) is 0 Å². The summed E-state index contributed by atoms with van der Waals surface area (Å²) < 4.78 is 16.4. The van der Waals surface area contributed by atoms with Gasteiger partial charge in [-0.1, -0.05) is 0 Å². The normalized spacial score (nSPS) is 8.29. The molecule has 0 atom stereocenters. The molecule has 0 fully saturated rings. The van der Waals surface area contributed by atoms with Crippen LogP contribution in [0.3, 0.4) is 0 Å². The Labute approximate surface area is 127 Å².